The van der Waals surface area contributed by atoms with E-state index in [1.54, 1.807) is 12.1 Å². The summed E-state index contributed by atoms with van der Waals surface area (Å²) in [7, 11) is -0.477. The zero-order valence-corrected chi connectivity index (χ0v) is 20.4. The molecule has 8 nitrogen and oxygen atoms in total. The molecule has 1 N–H and O–H groups in total. The van der Waals surface area contributed by atoms with Crippen molar-refractivity contribution in [2.75, 3.05) is 30.9 Å². The molecule has 1 aliphatic heterocycles. The van der Waals surface area contributed by atoms with E-state index in [-0.39, 0.29) is 10.8 Å². The molecule has 1 fully saturated rings. The summed E-state index contributed by atoms with van der Waals surface area (Å²) in [5, 5.41) is 3.48. The maximum Gasteiger partial charge on any atom is 0.242 e. The van der Waals surface area contributed by atoms with E-state index in [1.165, 1.54) is 18.4 Å². The molecule has 2 aromatic carbocycles. The number of imidazole rings is 1. The van der Waals surface area contributed by atoms with Crippen molar-refractivity contribution in [2.45, 2.75) is 51.1 Å². The molecule has 0 unspecified atom stereocenters. The number of fused-ring (bicyclic) bond motifs is 1. The van der Waals surface area contributed by atoms with E-state index in [9.17, 15) is 13.2 Å². The van der Waals surface area contributed by atoms with Crippen molar-refractivity contribution < 1.29 is 13.2 Å². The first kappa shape index (κ1) is 23.3. The first-order valence-electron chi connectivity index (χ1n) is 11.3. The lowest BCUT2D eigenvalue weighted by Crippen LogP contribution is -2.24. The molecule has 176 valence electrons. The van der Waals surface area contributed by atoms with Crippen LogP contribution >= 0.6 is 0 Å². The molecule has 1 amide bonds. The van der Waals surface area contributed by atoms with Crippen LogP contribution in [0.4, 0.5) is 11.4 Å². The number of carbonyl (C=O) groups is 1. The summed E-state index contributed by atoms with van der Waals surface area (Å²) in [6.45, 7) is 6.16. The smallest absolute Gasteiger partial charge is 0.242 e. The molecular formula is C24H31N5O3S. The average Bonchev–Trinajstić information content (AvgIpc) is 3.36. The van der Waals surface area contributed by atoms with Crippen molar-refractivity contribution in [3.8, 4) is 0 Å². The van der Waals surface area contributed by atoms with Crippen LogP contribution in [0.1, 0.15) is 37.6 Å². The van der Waals surface area contributed by atoms with Crippen molar-refractivity contribution in [3.05, 3.63) is 47.8 Å². The van der Waals surface area contributed by atoms with Gasteiger partial charge < -0.3 is 14.8 Å². The largest absolute Gasteiger partial charge is 0.378 e. The summed E-state index contributed by atoms with van der Waals surface area (Å²) in [6, 6.07) is 11.1. The number of amides is 1. The van der Waals surface area contributed by atoms with Crippen molar-refractivity contribution in [1.82, 2.24) is 13.9 Å². The second kappa shape index (κ2) is 9.15. The first-order chi connectivity index (χ1) is 15.7. The second-order valence-corrected chi connectivity index (χ2v) is 10.7. The standard InChI is InChI=1S/C24H31N5O3S/c1-5-13-28-22-12-11-18(33(31,32)27(3)4)15-20(22)26-23(28)16-25-19-8-6-9-21(17(19)2)29-14-7-10-24(29)30/h6,8-9,11-12,15,25H,5,7,10,13-14,16H2,1-4H3. The van der Waals surface area contributed by atoms with Crippen molar-refractivity contribution in [1.29, 1.82) is 0 Å². The van der Waals surface area contributed by atoms with Gasteiger partial charge in [0.25, 0.3) is 0 Å². The second-order valence-electron chi connectivity index (χ2n) is 8.57. The van der Waals surface area contributed by atoms with E-state index in [4.69, 9.17) is 4.98 Å². The molecular weight excluding hydrogens is 438 g/mol. The number of rotatable bonds is 8. The first-order valence-corrected chi connectivity index (χ1v) is 12.7. The third-order valence-electron chi connectivity index (χ3n) is 6.13. The number of sulfonamides is 1. The minimum absolute atomic E-state index is 0.170. The third-order valence-corrected chi connectivity index (χ3v) is 7.94. The Labute approximate surface area is 195 Å². The number of aryl methyl sites for hydroxylation is 1. The highest BCUT2D eigenvalue weighted by molar-refractivity contribution is 7.89. The van der Waals surface area contributed by atoms with Gasteiger partial charge in [0, 0.05) is 45.0 Å². The van der Waals surface area contributed by atoms with Crippen LogP contribution in [-0.4, -0.2) is 48.8 Å². The van der Waals surface area contributed by atoms with Crippen LogP contribution in [0.15, 0.2) is 41.3 Å². The quantitative estimate of drug-likeness (QED) is 0.543. The van der Waals surface area contributed by atoms with E-state index in [2.05, 4.69) is 16.8 Å². The molecule has 0 spiro atoms. The molecule has 2 heterocycles. The number of aromatic nitrogens is 2. The Hall–Kier alpha value is -2.91. The molecule has 0 radical (unpaired) electrons. The number of hydrogen-bond acceptors (Lipinski definition) is 5. The van der Waals surface area contributed by atoms with Gasteiger partial charge in [0.1, 0.15) is 5.82 Å². The van der Waals surface area contributed by atoms with Gasteiger partial charge in [-0.25, -0.2) is 17.7 Å². The van der Waals surface area contributed by atoms with E-state index < -0.39 is 10.0 Å². The number of nitrogens with one attached hydrogen (secondary N) is 1. The van der Waals surface area contributed by atoms with Gasteiger partial charge >= 0.3 is 0 Å². The van der Waals surface area contributed by atoms with Gasteiger partial charge in [-0.3, -0.25) is 4.79 Å². The molecule has 1 aromatic heterocycles. The molecule has 3 aromatic rings. The van der Waals surface area contributed by atoms with Gasteiger partial charge in [-0.05, 0) is 55.7 Å². The Morgan fingerprint density at radius 2 is 1.97 bits per heavy atom. The lowest BCUT2D eigenvalue weighted by Gasteiger charge is -2.21. The maximum absolute atomic E-state index is 12.6. The minimum Gasteiger partial charge on any atom is -0.378 e. The van der Waals surface area contributed by atoms with E-state index in [0.29, 0.717) is 18.5 Å². The number of nitrogens with zero attached hydrogens (tertiary/aromatic N) is 4. The van der Waals surface area contributed by atoms with Gasteiger partial charge in [0.05, 0.1) is 22.5 Å². The fourth-order valence-electron chi connectivity index (χ4n) is 4.32. The van der Waals surface area contributed by atoms with Crippen LogP contribution in [0.25, 0.3) is 11.0 Å². The molecule has 4 rings (SSSR count). The van der Waals surface area contributed by atoms with Crippen LogP contribution in [-0.2, 0) is 27.9 Å². The fraction of sp³-hybridized carbons (Fsp3) is 0.417. The highest BCUT2D eigenvalue weighted by Gasteiger charge is 2.24. The maximum atomic E-state index is 12.6. The van der Waals surface area contributed by atoms with Crippen LogP contribution in [0, 0.1) is 6.92 Å². The molecule has 0 bridgehead atoms. The lowest BCUT2D eigenvalue weighted by molar-refractivity contribution is -0.117. The van der Waals surface area contributed by atoms with Gasteiger partial charge in [-0.2, -0.15) is 0 Å². The van der Waals surface area contributed by atoms with Crippen molar-refractivity contribution >= 4 is 38.3 Å². The van der Waals surface area contributed by atoms with Crippen LogP contribution in [0.2, 0.25) is 0 Å². The van der Waals surface area contributed by atoms with Crippen LogP contribution in [0.3, 0.4) is 0 Å². The molecule has 1 saturated heterocycles. The highest BCUT2D eigenvalue weighted by atomic mass is 32.2. The number of anilines is 2. The summed E-state index contributed by atoms with van der Waals surface area (Å²) >= 11 is 0. The Kier molecular flexibility index (Phi) is 6.45. The Bertz CT molecular complexity index is 1300. The van der Waals surface area contributed by atoms with E-state index >= 15 is 0 Å². The Morgan fingerprint density at radius 1 is 1.18 bits per heavy atom. The summed E-state index contributed by atoms with van der Waals surface area (Å²) < 4.78 is 28.5. The molecule has 1 aliphatic rings. The van der Waals surface area contributed by atoms with Crippen LogP contribution < -0.4 is 10.2 Å². The zero-order chi connectivity index (χ0) is 23.8. The topological polar surface area (TPSA) is 87.5 Å². The molecule has 0 atom stereocenters. The summed E-state index contributed by atoms with van der Waals surface area (Å²) in [6.07, 6.45) is 2.42. The van der Waals surface area contributed by atoms with Crippen molar-refractivity contribution in [2.24, 2.45) is 0 Å². The predicted octanol–water partition coefficient (Wildman–Crippen LogP) is 3.74. The molecule has 0 aliphatic carbocycles. The minimum atomic E-state index is -3.53. The van der Waals surface area contributed by atoms with Crippen LogP contribution in [0.5, 0.6) is 0 Å². The number of hydrogen-bond donors (Lipinski definition) is 1. The Balaban J connectivity index is 1.65. The SMILES string of the molecule is CCCn1c(CNc2cccc(N3CCCC3=O)c2C)nc2cc(S(=O)(=O)N(C)C)ccc21. The number of benzene rings is 2. The van der Waals surface area contributed by atoms with E-state index in [0.717, 1.165) is 54.2 Å². The van der Waals surface area contributed by atoms with Gasteiger partial charge in [0.15, 0.2) is 0 Å². The summed E-state index contributed by atoms with van der Waals surface area (Å²) in [5.41, 5.74) is 4.52. The Morgan fingerprint density at radius 3 is 2.64 bits per heavy atom. The van der Waals surface area contributed by atoms with Crippen molar-refractivity contribution in [3.63, 3.8) is 0 Å². The normalized spacial score (nSPS) is 14.6. The predicted molar refractivity (Wildman–Crippen MR) is 131 cm³/mol. The van der Waals surface area contributed by atoms with Gasteiger partial charge in [-0.1, -0.05) is 13.0 Å². The zero-order valence-electron chi connectivity index (χ0n) is 19.6. The fourth-order valence-corrected chi connectivity index (χ4v) is 5.25. The van der Waals surface area contributed by atoms with E-state index in [1.807, 2.05) is 36.1 Å². The highest BCUT2D eigenvalue weighted by Crippen LogP contribution is 2.30. The molecule has 9 heteroatoms. The van der Waals surface area contributed by atoms with Gasteiger partial charge in [-0.15, -0.1) is 0 Å². The molecule has 33 heavy (non-hydrogen) atoms. The number of carbonyl (C=O) groups excluding carboxylic acids is 1. The monoisotopic (exact) mass is 469 g/mol. The third kappa shape index (κ3) is 4.35. The molecule has 0 saturated carbocycles. The summed E-state index contributed by atoms with van der Waals surface area (Å²) in [5.74, 6) is 1.01. The lowest BCUT2D eigenvalue weighted by atomic mass is 10.1. The summed E-state index contributed by atoms with van der Waals surface area (Å²) in [4.78, 5) is 19.1. The average molecular weight is 470 g/mol. The van der Waals surface area contributed by atoms with Gasteiger partial charge in [0.2, 0.25) is 15.9 Å².